The number of allylic oxidation sites excluding steroid dienone is 3. The van der Waals surface area contributed by atoms with Crippen molar-refractivity contribution < 1.29 is 9.90 Å². The number of benzene rings is 1. The fraction of sp³-hybridized carbons (Fsp3) is 0.520. The lowest BCUT2D eigenvalue weighted by molar-refractivity contribution is -0.136. The third-order valence-electron chi connectivity index (χ3n) is 4.69. The molecule has 4 heteroatoms. The summed E-state index contributed by atoms with van der Waals surface area (Å²) in [5, 5.41) is 18.2. The van der Waals surface area contributed by atoms with Crippen molar-refractivity contribution in [3.05, 3.63) is 59.7 Å². The van der Waals surface area contributed by atoms with Gasteiger partial charge in [0, 0.05) is 11.0 Å². The summed E-state index contributed by atoms with van der Waals surface area (Å²) in [5.74, 6) is -0.175. The molecule has 1 aromatic carbocycles. The number of unbranched alkanes of at least 4 members (excludes halogenated alkanes) is 7. The van der Waals surface area contributed by atoms with Crippen LogP contribution in [0.15, 0.2) is 48.6 Å². The van der Waals surface area contributed by atoms with Gasteiger partial charge in [0.2, 0.25) is 0 Å². The molecule has 0 fully saturated rings. The molecule has 0 heterocycles. The number of carboxylic acids is 1. The summed E-state index contributed by atoms with van der Waals surface area (Å²) in [6, 6.07) is 9.82. The number of rotatable bonds is 16. The number of nitriles is 1. The Morgan fingerprint density at radius 1 is 1.17 bits per heavy atom. The Kier molecular flexibility index (Phi) is 14.6. The van der Waals surface area contributed by atoms with Gasteiger partial charge in [-0.2, -0.15) is 17.0 Å². The summed E-state index contributed by atoms with van der Waals surface area (Å²) in [5.41, 5.74) is 1.77. The van der Waals surface area contributed by atoms with E-state index in [1.54, 1.807) is 17.8 Å². The maximum atomic E-state index is 10.8. The molecule has 1 unspecified atom stereocenters. The Morgan fingerprint density at radius 2 is 1.93 bits per heavy atom. The molecule has 3 nitrogen and oxygen atoms in total. The topological polar surface area (TPSA) is 61.1 Å². The zero-order valence-corrected chi connectivity index (χ0v) is 18.5. The van der Waals surface area contributed by atoms with Crippen LogP contribution in [-0.4, -0.2) is 22.1 Å². The van der Waals surface area contributed by atoms with Crippen molar-refractivity contribution >= 4 is 17.7 Å². The fourth-order valence-electron chi connectivity index (χ4n) is 3.06. The van der Waals surface area contributed by atoms with Gasteiger partial charge in [-0.3, -0.25) is 4.79 Å². The standard InChI is InChI=1S/C25H35NO2S/c1-2-3-4-5-6-7-8-9-10-11-12-16-24(29-18-17-25(27)28)20-22-14-13-15-23(19-22)21-26/h10-16,19,24H,2-9,17-18,20H2,1H3,(H,27,28)/b11-10+,16-12+. The van der Waals surface area contributed by atoms with Gasteiger partial charge < -0.3 is 5.11 Å². The van der Waals surface area contributed by atoms with Crippen LogP contribution in [0.4, 0.5) is 0 Å². The van der Waals surface area contributed by atoms with Crippen molar-refractivity contribution in [1.82, 2.24) is 0 Å². The molecule has 1 rings (SSSR count). The van der Waals surface area contributed by atoms with Crippen molar-refractivity contribution in [3.8, 4) is 6.07 Å². The smallest absolute Gasteiger partial charge is 0.304 e. The van der Waals surface area contributed by atoms with Crippen LogP contribution in [0.1, 0.15) is 75.8 Å². The zero-order valence-electron chi connectivity index (χ0n) is 17.7. The van der Waals surface area contributed by atoms with Crippen LogP contribution in [0.3, 0.4) is 0 Å². The van der Waals surface area contributed by atoms with E-state index >= 15 is 0 Å². The van der Waals surface area contributed by atoms with Crippen molar-refractivity contribution in [2.45, 2.75) is 76.4 Å². The molecule has 0 saturated carbocycles. The first-order chi connectivity index (χ1) is 14.2. The number of aliphatic carboxylic acids is 1. The summed E-state index contributed by atoms with van der Waals surface area (Å²) < 4.78 is 0. The number of hydrogen-bond acceptors (Lipinski definition) is 3. The van der Waals surface area contributed by atoms with Crippen LogP contribution >= 0.6 is 11.8 Å². The molecule has 0 bridgehead atoms. The van der Waals surface area contributed by atoms with E-state index in [2.05, 4.69) is 37.3 Å². The van der Waals surface area contributed by atoms with Gasteiger partial charge in [-0.1, -0.05) is 81.9 Å². The van der Waals surface area contributed by atoms with E-state index in [0.717, 1.165) is 18.4 Å². The van der Waals surface area contributed by atoms with E-state index < -0.39 is 5.97 Å². The van der Waals surface area contributed by atoms with Gasteiger partial charge in [0.05, 0.1) is 18.1 Å². The molecule has 1 N–H and O–H groups in total. The Hall–Kier alpha value is -1.99. The monoisotopic (exact) mass is 413 g/mol. The van der Waals surface area contributed by atoms with Crippen LogP contribution < -0.4 is 0 Å². The van der Waals surface area contributed by atoms with Crippen LogP contribution in [-0.2, 0) is 11.2 Å². The molecule has 0 amide bonds. The molecular formula is C25H35NO2S. The zero-order chi connectivity index (χ0) is 21.2. The minimum Gasteiger partial charge on any atom is -0.481 e. The summed E-state index contributed by atoms with van der Waals surface area (Å²) in [4.78, 5) is 10.8. The molecule has 0 aliphatic heterocycles. The quantitative estimate of drug-likeness (QED) is 0.236. The van der Waals surface area contributed by atoms with Gasteiger partial charge in [0.25, 0.3) is 0 Å². The predicted octanol–water partition coefficient (Wildman–Crippen LogP) is 6.93. The van der Waals surface area contributed by atoms with Crippen LogP contribution in [0, 0.1) is 11.3 Å². The second-order valence-electron chi connectivity index (χ2n) is 7.29. The largest absolute Gasteiger partial charge is 0.481 e. The van der Waals surface area contributed by atoms with E-state index in [0.29, 0.717) is 11.3 Å². The van der Waals surface area contributed by atoms with Crippen LogP contribution in [0.5, 0.6) is 0 Å². The number of carbonyl (C=O) groups is 1. The van der Waals surface area contributed by atoms with E-state index in [4.69, 9.17) is 10.4 Å². The number of thioether (sulfide) groups is 1. The maximum Gasteiger partial charge on any atom is 0.304 e. The predicted molar refractivity (Wildman–Crippen MR) is 124 cm³/mol. The average Bonchev–Trinajstić information content (AvgIpc) is 2.71. The molecule has 29 heavy (non-hydrogen) atoms. The van der Waals surface area contributed by atoms with Gasteiger partial charge in [0.15, 0.2) is 0 Å². The molecular weight excluding hydrogens is 378 g/mol. The molecule has 0 spiro atoms. The minimum absolute atomic E-state index is 0.168. The highest BCUT2D eigenvalue weighted by molar-refractivity contribution is 8.00. The van der Waals surface area contributed by atoms with Crippen molar-refractivity contribution in [2.75, 3.05) is 5.75 Å². The lowest BCUT2D eigenvalue weighted by Gasteiger charge is -2.12. The summed E-state index contributed by atoms with van der Waals surface area (Å²) in [7, 11) is 0. The molecule has 0 aliphatic carbocycles. The molecule has 0 aliphatic rings. The number of nitrogens with zero attached hydrogens (tertiary/aromatic N) is 1. The number of hydrogen-bond donors (Lipinski definition) is 1. The molecule has 1 aromatic rings. The van der Waals surface area contributed by atoms with Crippen LogP contribution in [0.2, 0.25) is 0 Å². The first-order valence-corrected chi connectivity index (χ1v) is 11.9. The van der Waals surface area contributed by atoms with Gasteiger partial charge in [-0.25, -0.2) is 0 Å². The maximum absolute atomic E-state index is 10.8. The minimum atomic E-state index is -0.763. The molecule has 0 aromatic heterocycles. The van der Waals surface area contributed by atoms with E-state index in [1.165, 1.54) is 44.9 Å². The van der Waals surface area contributed by atoms with Gasteiger partial charge in [-0.05, 0) is 37.0 Å². The van der Waals surface area contributed by atoms with E-state index in [9.17, 15) is 4.79 Å². The fourth-order valence-corrected chi connectivity index (χ4v) is 4.17. The second-order valence-corrected chi connectivity index (χ2v) is 8.64. The molecule has 0 radical (unpaired) electrons. The van der Waals surface area contributed by atoms with Gasteiger partial charge in [0.1, 0.15) is 0 Å². The lowest BCUT2D eigenvalue weighted by atomic mass is 10.1. The highest BCUT2D eigenvalue weighted by Crippen LogP contribution is 2.20. The Morgan fingerprint density at radius 3 is 2.66 bits per heavy atom. The van der Waals surface area contributed by atoms with E-state index in [1.807, 2.05) is 18.2 Å². The highest BCUT2D eigenvalue weighted by atomic mass is 32.2. The molecule has 1 atom stereocenters. The third kappa shape index (κ3) is 13.8. The first kappa shape index (κ1) is 25.0. The second kappa shape index (κ2) is 16.9. The normalized spacial score (nSPS) is 12.4. The summed E-state index contributed by atoms with van der Waals surface area (Å²) >= 11 is 1.66. The van der Waals surface area contributed by atoms with Crippen molar-refractivity contribution in [3.63, 3.8) is 0 Å². The summed E-state index contributed by atoms with van der Waals surface area (Å²) in [6.07, 6.45) is 19.9. The van der Waals surface area contributed by atoms with Crippen molar-refractivity contribution in [2.24, 2.45) is 0 Å². The Bertz CT molecular complexity index is 676. The van der Waals surface area contributed by atoms with Crippen molar-refractivity contribution in [1.29, 1.82) is 5.26 Å². The Labute approximate surface area is 180 Å². The molecule has 158 valence electrons. The average molecular weight is 414 g/mol. The first-order valence-electron chi connectivity index (χ1n) is 10.8. The molecule has 0 saturated heterocycles. The third-order valence-corrected chi connectivity index (χ3v) is 5.88. The van der Waals surface area contributed by atoms with E-state index in [-0.39, 0.29) is 11.7 Å². The number of carboxylic acid groups (broad SMARTS) is 1. The summed E-state index contributed by atoms with van der Waals surface area (Å²) in [6.45, 7) is 2.25. The van der Waals surface area contributed by atoms with Gasteiger partial charge >= 0.3 is 5.97 Å². The van der Waals surface area contributed by atoms with Gasteiger partial charge in [-0.15, -0.1) is 0 Å². The Balaban J connectivity index is 2.42. The lowest BCUT2D eigenvalue weighted by Crippen LogP contribution is -2.06. The van der Waals surface area contributed by atoms with Crippen LogP contribution in [0.25, 0.3) is 0 Å². The SMILES string of the molecule is CCCCCCCCC/C=C/C=C/C(Cc1cccc(C#N)c1)SCCC(=O)O. The highest BCUT2D eigenvalue weighted by Gasteiger charge is 2.08.